The average Bonchev–Trinajstić information content (AvgIpc) is 1.98. The molecule has 0 bridgehead atoms. The van der Waals surface area contributed by atoms with E-state index < -0.39 is 0 Å². The lowest BCUT2D eigenvalue weighted by atomic mass is 9.95. The van der Waals surface area contributed by atoms with Crippen LogP contribution in [0, 0.1) is 5.92 Å². The van der Waals surface area contributed by atoms with Gasteiger partial charge in [0.05, 0.1) is 5.92 Å². The van der Waals surface area contributed by atoms with E-state index in [1.54, 1.807) is 0 Å². The molecule has 0 spiro atoms. The number of rotatable bonds is 1. The van der Waals surface area contributed by atoms with Gasteiger partial charge in [0.15, 0.2) is 0 Å². The number of carbonyl (C=O) groups excluding carboxylic acids is 1. The molecule has 0 aromatic carbocycles. The molecule has 1 aliphatic rings. The van der Waals surface area contributed by atoms with Crippen LogP contribution in [0.2, 0.25) is 0 Å². The van der Waals surface area contributed by atoms with Gasteiger partial charge in [-0.1, -0.05) is 18.6 Å². The monoisotopic (exact) mass is 210 g/mol. The lowest BCUT2D eigenvalue weighted by Gasteiger charge is -2.24. The number of ether oxygens (including phenoxy) is 1. The summed E-state index contributed by atoms with van der Waals surface area (Å²) < 4.78 is 5.40. The molecule has 86 valence electrons. The van der Waals surface area contributed by atoms with Crippen molar-refractivity contribution < 1.29 is 9.53 Å². The normalized spacial score (nSPS) is 25.1. The van der Waals surface area contributed by atoms with Gasteiger partial charge in [-0.15, -0.1) is 0 Å². The molecule has 0 amide bonds. The maximum atomic E-state index is 11.8. The Labute approximate surface area is 92.7 Å². The number of esters is 1. The van der Waals surface area contributed by atoms with Crippen molar-refractivity contribution in [2.24, 2.45) is 5.92 Å². The number of hydrogen-bond donors (Lipinski definition) is 0. The molecule has 0 aromatic heterocycles. The third-order valence-electron chi connectivity index (χ3n) is 2.50. The zero-order valence-electron chi connectivity index (χ0n) is 10.1. The summed E-state index contributed by atoms with van der Waals surface area (Å²) in [5, 5.41) is 0. The molecule has 1 rings (SSSR count). The molecule has 0 fully saturated rings. The fourth-order valence-electron chi connectivity index (χ4n) is 1.75. The van der Waals surface area contributed by atoms with E-state index in [1.165, 1.54) is 6.42 Å². The van der Waals surface area contributed by atoms with Gasteiger partial charge >= 0.3 is 5.97 Å². The Morgan fingerprint density at radius 3 is 2.67 bits per heavy atom. The summed E-state index contributed by atoms with van der Waals surface area (Å²) in [4.78, 5) is 11.8. The minimum atomic E-state index is -0.358. The van der Waals surface area contributed by atoms with Crippen molar-refractivity contribution in [3.8, 4) is 0 Å². The molecule has 0 saturated carbocycles. The van der Waals surface area contributed by atoms with Gasteiger partial charge in [-0.2, -0.15) is 0 Å². The van der Waals surface area contributed by atoms with Gasteiger partial charge < -0.3 is 4.74 Å². The van der Waals surface area contributed by atoms with E-state index in [9.17, 15) is 4.79 Å². The van der Waals surface area contributed by atoms with Crippen molar-refractivity contribution in [3.63, 3.8) is 0 Å². The second-order valence-corrected chi connectivity index (χ2v) is 5.22. The first kappa shape index (κ1) is 12.3. The van der Waals surface area contributed by atoms with Crippen LogP contribution >= 0.6 is 0 Å². The Morgan fingerprint density at radius 2 is 2.00 bits per heavy atom. The largest absolute Gasteiger partial charge is 0.460 e. The first-order valence-electron chi connectivity index (χ1n) is 5.87. The van der Waals surface area contributed by atoms with Crippen LogP contribution in [-0.2, 0) is 9.53 Å². The lowest BCUT2D eigenvalue weighted by Crippen LogP contribution is -2.28. The smallest absolute Gasteiger partial charge is 0.309 e. The minimum absolute atomic E-state index is 0.0333. The Kier molecular flexibility index (Phi) is 4.37. The SMILES string of the molecule is CC(C)(C)OC(=O)C1C/C=C\CCCC1. The Balaban J connectivity index is 2.49. The van der Waals surface area contributed by atoms with Crippen LogP contribution in [0.15, 0.2) is 12.2 Å². The third kappa shape index (κ3) is 5.01. The first-order valence-corrected chi connectivity index (χ1v) is 5.87. The van der Waals surface area contributed by atoms with Crippen LogP contribution in [0.5, 0.6) is 0 Å². The summed E-state index contributed by atoms with van der Waals surface area (Å²) in [6.07, 6.45) is 9.59. The van der Waals surface area contributed by atoms with Crippen LogP contribution < -0.4 is 0 Å². The number of hydrogen-bond acceptors (Lipinski definition) is 2. The maximum absolute atomic E-state index is 11.8. The van der Waals surface area contributed by atoms with Crippen molar-refractivity contribution in [2.45, 2.75) is 58.5 Å². The zero-order chi connectivity index (χ0) is 11.3. The van der Waals surface area contributed by atoms with Gasteiger partial charge in [0.25, 0.3) is 0 Å². The molecule has 0 radical (unpaired) electrons. The van der Waals surface area contributed by atoms with Gasteiger partial charge in [0.1, 0.15) is 5.60 Å². The Morgan fingerprint density at radius 1 is 1.27 bits per heavy atom. The molecule has 1 aliphatic carbocycles. The summed E-state index contributed by atoms with van der Waals surface area (Å²) in [6, 6.07) is 0. The minimum Gasteiger partial charge on any atom is -0.460 e. The van der Waals surface area contributed by atoms with E-state index in [-0.39, 0.29) is 17.5 Å². The van der Waals surface area contributed by atoms with Crippen LogP contribution in [0.1, 0.15) is 52.9 Å². The standard InChI is InChI=1S/C13H22O2/c1-13(2,3)15-12(14)11-9-7-5-4-6-8-10-11/h5,7,11H,4,6,8-10H2,1-3H3/b7-5-. The average molecular weight is 210 g/mol. The predicted molar refractivity (Wildman–Crippen MR) is 61.6 cm³/mol. The summed E-state index contributed by atoms with van der Waals surface area (Å²) in [5.74, 6) is 0.0369. The molecule has 0 N–H and O–H groups in total. The molecule has 0 saturated heterocycles. The van der Waals surface area contributed by atoms with Gasteiger partial charge in [-0.25, -0.2) is 0 Å². The van der Waals surface area contributed by atoms with Crippen molar-refractivity contribution in [2.75, 3.05) is 0 Å². The molecule has 15 heavy (non-hydrogen) atoms. The molecule has 2 heteroatoms. The highest BCUT2D eigenvalue weighted by Crippen LogP contribution is 2.21. The van der Waals surface area contributed by atoms with E-state index in [2.05, 4.69) is 12.2 Å². The lowest BCUT2D eigenvalue weighted by molar-refractivity contribution is -0.160. The maximum Gasteiger partial charge on any atom is 0.309 e. The zero-order valence-corrected chi connectivity index (χ0v) is 10.1. The van der Waals surface area contributed by atoms with E-state index in [1.807, 2.05) is 20.8 Å². The fraction of sp³-hybridized carbons (Fsp3) is 0.769. The van der Waals surface area contributed by atoms with Crippen molar-refractivity contribution in [1.29, 1.82) is 0 Å². The van der Waals surface area contributed by atoms with E-state index in [0.717, 1.165) is 25.7 Å². The predicted octanol–water partition coefficient (Wildman–Crippen LogP) is 3.46. The molecule has 0 aliphatic heterocycles. The van der Waals surface area contributed by atoms with E-state index >= 15 is 0 Å². The van der Waals surface area contributed by atoms with Gasteiger partial charge in [-0.3, -0.25) is 4.79 Å². The quantitative estimate of drug-likeness (QED) is 0.489. The van der Waals surface area contributed by atoms with Crippen molar-refractivity contribution in [3.05, 3.63) is 12.2 Å². The molecule has 0 heterocycles. The Bertz CT molecular complexity index is 235. The fourth-order valence-corrected chi connectivity index (χ4v) is 1.75. The van der Waals surface area contributed by atoms with Gasteiger partial charge in [0.2, 0.25) is 0 Å². The summed E-state index contributed by atoms with van der Waals surface area (Å²) in [7, 11) is 0. The molecular formula is C13H22O2. The first-order chi connectivity index (χ1) is 6.99. The van der Waals surface area contributed by atoms with E-state index in [0.29, 0.717) is 0 Å². The van der Waals surface area contributed by atoms with Gasteiger partial charge in [0, 0.05) is 0 Å². The summed E-state index contributed by atoms with van der Waals surface area (Å²) >= 11 is 0. The van der Waals surface area contributed by atoms with Crippen LogP contribution in [0.3, 0.4) is 0 Å². The number of allylic oxidation sites excluding steroid dienone is 2. The van der Waals surface area contributed by atoms with Crippen molar-refractivity contribution >= 4 is 5.97 Å². The second-order valence-electron chi connectivity index (χ2n) is 5.22. The second kappa shape index (κ2) is 5.34. The van der Waals surface area contributed by atoms with Gasteiger partial charge in [-0.05, 0) is 46.5 Å². The highest BCUT2D eigenvalue weighted by molar-refractivity contribution is 5.73. The number of carbonyl (C=O) groups is 1. The van der Waals surface area contributed by atoms with Crippen LogP contribution in [0.4, 0.5) is 0 Å². The van der Waals surface area contributed by atoms with Crippen LogP contribution in [-0.4, -0.2) is 11.6 Å². The molecule has 1 atom stereocenters. The molecule has 2 nitrogen and oxygen atoms in total. The molecular weight excluding hydrogens is 188 g/mol. The highest BCUT2D eigenvalue weighted by Gasteiger charge is 2.24. The van der Waals surface area contributed by atoms with E-state index in [4.69, 9.17) is 4.74 Å². The summed E-state index contributed by atoms with van der Waals surface area (Å²) in [6.45, 7) is 5.76. The Hall–Kier alpha value is -0.790. The van der Waals surface area contributed by atoms with Crippen LogP contribution in [0.25, 0.3) is 0 Å². The van der Waals surface area contributed by atoms with Crippen molar-refractivity contribution in [1.82, 2.24) is 0 Å². The summed E-state index contributed by atoms with van der Waals surface area (Å²) in [5.41, 5.74) is -0.358. The topological polar surface area (TPSA) is 26.3 Å². The molecule has 1 unspecified atom stereocenters. The highest BCUT2D eigenvalue weighted by atomic mass is 16.6. The molecule has 0 aromatic rings. The third-order valence-corrected chi connectivity index (χ3v) is 2.50.